The van der Waals surface area contributed by atoms with Crippen LogP contribution in [0, 0.1) is 41.5 Å². The van der Waals surface area contributed by atoms with Crippen molar-refractivity contribution in [3.05, 3.63) is 242 Å². The molecule has 0 aromatic heterocycles. The first-order chi connectivity index (χ1) is 33.6. The van der Waals surface area contributed by atoms with Crippen LogP contribution in [-0.2, 0) is 0 Å². The van der Waals surface area contributed by atoms with Crippen molar-refractivity contribution < 1.29 is 0 Å². The van der Waals surface area contributed by atoms with Crippen molar-refractivity contribution in [1.29, 1.82) is 0 Å². The van der Waals surface area contributed by atoms with Gasteiger partial charge in [0.05, 0.1) is 34.1 Å². The fourth-order valence-electron chi connectivity index (χ4n) is 8.44. The molecule has 350 valence electrons. The zero-order valence-electron chi connectivity index (χ0n) is 39.4. The minimum Gasteiger partial charge on any atom is -0.309 e. The number of aryl methyl sites for hydroxylation is 6. The first-order valence-electron chi connectivity index (χ1n) is 22.7. The summed E-state index contributed by atoms with van der Waals surface area (Å²) in [5.41, 5.74) is 19.0. The largest absolute Gasteiger partial charge is 0.309 e. The predicted octanol–water partition coefficient (Wildman–Crippen LogP) is 22.0. The SMILES string of the molecule is Cc1ccc(N(c2ccc(C)cc2)c2cc(N(c3ccc(C)cc3)c3cc(N(c4ccc(C)cc4)c4cc(N(c5ccc(C)cc5)c5ccc(C)cc5)c(Br)cc4Br)c(Br)cc3Br)c(Br)cc2Br)cc1. The van der Waals surface area contributed by atoms with Crippen molar-refractivity contribution in [3.63, 3.8) is 0 Å². The van der Waals surface area contributed by atoms with Crippen molar-refractivity contribution in [3.8, 4) is 0 Å². The van der Waals surface area contributed by atoms with Crippen LogP contribution in [0.15, 0.2) is 209 Å². The predicted molar refractivity (Wildman–Crippen MR) is 320 cm³/mol. The molecule has 9 rings (SSSR count). The highest BCUT2D eigenvalue weighted by molar-refractivity contribution is 9.12. The lowest BCUT2D eigenvalue weighted by Gasteiger charge is -2.34. The van der Waals surface area contributed by atoms with E-state index in [1.165, 1.54) is 33.4 Å². The molecule has 0 saturated heterocycles. The van der Waals surface area contributed by atoms with Crippen LogP contribution in [0.5, 0.6) is 0 Å². The highest BCUT2D eigenvalue weighted by Gasteiger charge is 2.28. The summed E-state index contributed by atoms with van der Waals surface area (Å²) >= 11 is 24.4. The Morgan fingerprint density at radius 3 is 0.514 bits per heavy atom. The number of hydrogen-bond acceptors (Lipinski definition) is 4. The van der Waals surface area contributed by atoms with E-state index in [1.54, 1.807) is 0 Å². The zero-order chi connectivity index (χ0) is 49.4. The summed E-state index contributed by atoms with van der Waals surface area (Å²) in [6, 6.07) is 65.5. The number of anilines is 12. The minimum absolute atomic E-state index is 0.901. The second-order valence-electron chi connectivity index (χ2n) is 17.6. The molecule has 0 bridgehead atoms. The summed E-state index contributed by atoms with van der Waals surface area (Å²) in [5, 5.41) is 0. The summed E-state index contributed by atoms with van der Waals surface area (Å²) in [7, 11) is 0. The smallest absolute Gasteiger partial charge is 0.0625 e. The van der Waals surface area contributed by atoms with Crippen LogP contribution in [0.2, 0.25) is 0 Å². The van der Waals surface area contributed by atoms with Crippen LogP contribution in [0.4, 0.5) is 68.2 Å². The van der Waals surface area contributed by atoms with Crippen LogP contribution < -0.4 is 19.6 Å². The molecule has 0 spiro atoms. The first-order valence-corrected chi connectivity index (χ1v) is 27.5. The highest BCUT2D eigenvalue weighted by atomic mass is 79.9. The number of nitrogens with zero attached hydrogens (tertiary/aromatic N) is 4. The number of halogens is 6. The monoisotopic (exact) mass is 1300 g/mol. The zero-order valence-corrected chi connectivity index (χ0v) is 48.9. The van der Waals surface area contributed by atoms with Crippen LogP contribution in [0.1, 0.15) is 33.4 Å². The van der Waals surface area contributed by atoms with Crippen LogP contribution in [-0.4, -0.2) is 0 Å². The third-order valence-electron chi connectivity index (χ3n) is 12.2. The van der Waals surface area contributed by atoms with Crippen molar-refractivity contribution >= 4 is 164 Å². The van der Waals surface area contributed by atoms with E-state index in [1.807, 2.05) is 0 Å². The Labute approximate surface area is 462 Å². The van der Waals surface area contributed by atoms with E-state index < -0.39 is 0 Å². The molecule has 9 aromatic rings. The maximum atomic E-state index is 4.10. The summed E-state index contributed by atoms with van der Waals surface area (Å²) in [6.07, 6.45) is 0. The molecule has 9 aromatic carbocycles. The molecule has 0 aliphatic carbocycles. The molecule has 0 aliphatic rings. The normalized spacial score (nSPS) is 11.1. The average molecular weight is 1300 g/mol. The average Bonchev–Trinajstić information content (AvgIpc) is 3.33. The number of benzene rings is 9. The van der Waals surface area contributed by atoms with Crippen LogP contribution in [0.3, 0.4) is 0 Å². The van der Waals surface area contributed by atoms with E-state index in [0.717, 1.165) is 95.1 Å². The Bertz CT molecular complexity index is 3010. The van der Waals surface area contributed by atoms with Crippen LogP contribution >= 0.6 is 95.6 Å². The molecule has 0 fully saturated rings. The van der Waals surface area contributed by atoms with E-state index in [4.69, 9.17) is 0 Å². The van der Waals surface area contributed by atoms with Gasteiger partial charge in [-0.2, -0.15) is 0 Å². The quantitative estimate of drug-likeness (QED) is 0.121. The van der Waals surface area contributed by atoms with Gasteiger partial charge in [0, 0.05) is 61.0 Å². The lowest BCUT2D eigenvalue weighted by atomic mass is 10.1. The molecule has 0 heterocycles. The van der Waals surface area contributed by atoms with E-state index in [2.05, 4.69) is 339 Å². The number of rotatable bonds is 12. The van der Waals surface area contributed by atoms with E-state index in [0.29, 0.717) is 0 Å². The molecular weight excluding hydrogens is 1260 g/mol. The third-order valence-corrected chi connectivity index (χ3v) is 16.1. The molecule has 0 atom stereocenters. The molecule has 0 aliphatic heterocycles. The standard InChI is InChI=1S/C60H48Br6N4/c1-37-7-19-43(20-8-37)67(44-21-9-38(2)10-22-44)55-34-57(51(63)31-49(55)61)69(47-27-15-41(5)16-28-47)59-36-60(54(66)33-53(59)65)70(48-29-17-42(6)18-30-48)58-35-56(50(62)32-52(58)64)68(45-23-11-39(3)12-24-45)46-25-13-40(4)14-26-46/h7-36H,1-6H3. The minimum atomic E-state index is 0.901. The summed E-state index contributed by atoms with van der Waals surface area (Å²) in [6.45, 7) is 12.7. The second kappa shape index (κ2) is 21.4. The molecule has 4 nitrogen and oxygen atoms in total. The van der Waals surface area contributed by atoms with Crippen molar-refractivity contribution in [2.75, 3.05) is 19.6 Å². The molecular formula is C60H48Br6N4. The van der Waals surface area contributed by atoms with Crippen molar-refractivity contribution in [1.82, 2.24) is 0 Å². The maximum absolute atomic E-state index is 4.10. The van der Waals surface area contributed by atoms with E-state index in [-0.39, 0.29) is 0 Å². The Morgan fingerprint density at radius 2 is 0.343 bits per heavy atom. The highest BCUT2D eigenvalue weighted by Crippen LogP contribution is 2.53. The summed E-state index contributed by atoms with van der Waals surface area (Å²) in [5.74, 6) is 0. The summed E-state index contributed by atoms with van der Waals surface area (Å²) < 4.78 is 5.51. The molecule has 10 heteroatoms. The lowest BCUT2D eigenvalue weighted by molar-refractivity contribution is 1.20. The van der Waals surface area contributed by atoms with Gasteiger partial charge in [-0.25, -0.2) is 0 Å². The molecule has 0 radical (unpaired) electrons. The number of hydrogen-bond donors (Lipinski definition) is 0. The molecule has 0 saturated carbocycles. The fraction of sp³-hybridized carbons (Fsp3) is 0.100. The van der Waals surface area contributed by atoms with E-state index in [9.17, 15) is 0 Å². The Balaban J connectivity index is 1.28. The molecule has 70 heavy (non-hydrogen) atoms. The third kappa shape index (κ3) is 10.6. The van der Waals surface area contributed by atoms with Gasteiger partial charge < -0.3 is 19.6 Å². The van der Waals surface area contributed by atoms with Gasteiger partial charge in [-0.05, 0) is 246 Å². The Kier molecular flexibility index (Phi) is 15.3. The lowest BCUT2D eigenvalue weighted by Crippen LogP contribution is -2.17. The van der Waals surface area contributed by atoms with Crippen LogP contribution in [0.25, 0.3) is 0 Å². The first kappa shape index (κ1) is 50.0. The molecule has 0 N–H and O–H groups in total. The summed E-state index contributed by atoms with van der Waals surface area (Å²) in [4.78, 5) is 9.28. The Hall–Kier alpha value is -4.94. The van der Waals surface area contributed by atoms with Gasteiger partial charge in [-0.15, -0.1) is 0 Å². The Morgan fingerprint density at radius 1 is 0.200 bits per heavy atom. The van der Waals surface area contributed by atoms with Crippen molar-refractivity contribution in [2.45, 2.75) is 41.5 Å². The molecule has 0 amide bonds. The maximum Gasteiger partial charge on any atom is 0.0625 e. The molecule has 0 unspecified atom stereocenters. The van der Waals surface area contributed by atoms with Gasteiger partial charge in [-0.1, -0.05) is 106 Å². The van der Waals surface area contributed by atoms with E-state index >= 15 is 0 Å². The van der Waals surface area contributed by atoms with Gasteiger partial charge in [0.15, 0.2) is 0 Å². The van der Waals surface area contributed by atoms with Crippen molar-refractivity contribution in [2.24, 2.45) is 0 Å². The van der Waals surface area contributed by atoms with Gasteiger partial charge in [0.2, 0.25) is 0 Å². The van der Waals surface area contributed by atoms with Gasteiger partial charge in [0.1, 0.15) is 0 Å². The van der Waals surface area contributed by atoms with Gasteiger partial charge in [-0.3, -0.25) is 0 Å². The van der Waals surface area contributed by atoms with Gasteiger partial charge in [0.25, 0.3) is 0 Å². The van der Waals surface area contributed by atoms with Gasteiger partial charge >= 0.3 is 0 Å². The topological polar surface area (TPSA) is 13.0 Å². The fourth-order valence-corrected chi connectivity index (χ4v) is 12.5. The second-order valence-corrected chi connectivity index (χ2v) is 22.7.